The van der Waals surface area contributed by atoms with Gasteiger partial charge < -0.3 is 10.6 Å². The zero-order valence-electron chi connectivity index (χ0n) is 13.4. The molecule has 3 nitrogen and oxygen atoms in total. The molecule has 0 aromatic heterocycles. The van der Waals surface area contributed by atoms with Crippen LogP contribution in [-0.2, 0) is 0 Å². The lowest BCUT2D eigenvalue weighted by Gasteiger charge is -2.33. The highest BCUT2D eigenvalue weighted by Crippen LogP contribution is 2.45. The molecule has 1 aromatic carbocycles. The highest BCUT2D eigenvalue weighted by Gasteiger charge is 2.25. The second-order valence-electron chi connectivity index (χ2n) is 6.18. The van der Waals surface area contributed by atoms with Crippen molar-refractivity contribution in [1.29, 1.82) is 0 Å². The van der Waals surface area contributed by atoms with E-state index in [1.54, 1.807) is 0 Å². The first kappa shape index (κ1) is 19.0. The summed E-state index contributed by atoms with van der Waals surface area (Å²) in [4.78, 5) is 14.6. The van der Waals surface area contributed by atoms with Gasteiger partial charge in [-0.2, -0.15) is 0 Å². The van der Waals surface area contributed by atoms with Gasteiger partial charge in [-0.3, -0.25) is 4.79 Å². The average Bonchev–Trinajstić information content (AvgIpc) is 3.09. The second kappa shape index (κ2) is 8.65. The van der Waals surface area contributed by atoms with Crippen LogP contribution in [0.4, 0.5) is 0 Å². The van der Waals surface area contributed by atoms with Crippen molar-refractivity contribution in [2.75, 3.05) is 24.6 Å². The van der Waals surface area contributed by atoms with Gasteiger partial charge in [0.1, 0.15) is 0 Å². The average molecular weight is 373 g/mol. The van der Waals surface area contributed by atoms with Crippen molar-refractivity contribution in [2.45, 2.75) is 30.4 Å². The van der Waals surface area contributed by atoms with Crippen molar-refractivity contribution < 1.29 is 4.79 Å². The van der Waals surface area contributed by atoms with Gasteiger partial charge in [0.25, 0.3) is 5.91 Å². The molecule has 1 atom stereocenters. The number of hydrogen-bond acceptors (Lipinski definition) is 4. The fraction of sp³-hybridized carbons (Fsp3) is 0.588. The van der Waals surface area contributed by atoms with E-state index in [1.807, 2.05) is 40.6 Å². The SMILES string of the molecule is CC(N)C1CCN(C(=O)c2ccc(C3SCCS3)cc2)CC1.Cl. The van der Waals surface area contributed by atoms with Gasteiger partial charge in [0, 0.05) is 36.2 Å². The number of carbonyl (C=O) groups is 1. The number of likely N-dealkylation sites (tertiary alicyclic amines) is 1. The van der Waals surface area contributed by atoms with E-state index in [1.165, 1.54) is 17.1 Å². The number of piperidine rings is 1. The maximum Gasteiger partial charge on any atom is 0.253 e. The van der Waals surface area contributed by atoms with Crippen LogP contribution in [0.3, 0.4) is 0 Å². The minimum Gasteiger partial charge on any atom is -0.339 e. The first-order valence-electron chi connectivity index (χ1n) is 8.03. The molecule has 2 heterocycles. The van der Waals surface area contributed by atoms with Crippen LogP contribution in [0.2, 0.25) is 0 Å². The van der Waals surface area contributed by atoms with Crippen LogP contribution in [0.25, 0.3) is 0 Å². The van der Waals surface area contributed by atoms with E-state index < -0.39 is 0 Å². The third-order valence-corrected chi connectivity index (χ3v) is 7.73. The fourth-order valence-corrected chi connectivity index (χ4v) is 6.00. The predicted molar refractivity (Wildman–Crippen MR) is 104 cm³/mol. The summed E-state index contributed by atoms with van der Waals surface area (Å²) in [5, 5.41) is 0. The lowest BCUT2D eigenvalue weighted by molar-refractivity contribution is 0.0681. The summed E-state index contributed by atoms with van der Waals surface area (Å²) in [6.45, 7) is 3.74. The molecule has 2 saturated heterocycles. The topological polar surface area (TPSA) is 46.3 Å². The van der Waals surface area contributed by atoms with Gasteiger partial charge in [0.2, 0.25) is 0 Å². The highest BCUT2D eigenvalue weighted by molar-refractivity contribution is 8.19. The van der Waals surface area contributed by atoms with Crippen LogP contribution in [0.1, 0.15) is 40.3 Å². The molecule has 2 fully saturated rings. The first-order valence-corrected chi connectivity index (χ1v) is 10.1. The number of benzene rings is 1. The Balaban J connectivity index is 0.00000192. The number of hydrogen-bond donors (Lipinski definition) is 1. The Bertz CT molecular complexity index is 510. The molecule has 2 aliphatic rings. The van der Waals surface area contributed by atoms with Crippen LogP contribution in [0, 0.1) is 5.92 Å². The van der Waals surface area contributed by atoms with Crippen LogP contribution in [-0.4, -0.2) is 41.4 Å². The second-order valence-corrected chi connectivity index (χ2v) is 8.91. The zero-order chi connectivity index (χ0) is 15.5. The molecule has 128 valence electrons. The van der Waals surface area contributed by atoms with Crippen molar-refractivity contribution in [3.05, 3.63) is 35.4 Å². The third kappa shape index (κ3) is 4.59. The summed E-state index contributed by atoms with van der Waals surface area (Å²) in [6, 6.07) is 8.47. The molecule has 1 unspecified atom stereocenters. The van der Waals surface area contributed by atoms with Gasteiger partial charge in [-0.1, -0.05) is 12.1 Å². The molecule has 0 radical (unpaired) electrons. The van der Waals surface area contributed by atoms with E-state index >= 15 is 0 Å². The Labute approximate surface area is 153 Å². The van der Waals surface area contributed by atoms with Crippen molar-refractivity contribution >= 4 is 41.8 Å². The Kier molecular flexibility index (Phi) is 7.14. The van der Waals surface area contributed by atoms with Crippen LogP contribution < -0.4 is 5.73 Å². The maximum absolute atomic E-state index is 12.6. The van der Waals surface area contributed by atoms with Gasteiger partial charge in [0.15, 0.2) is 0 Å². The minimum atomic E-state index is 0. The molecule has 0 aliphatic carbocycles. The molecule has 1 amide bonds. The lowest BCUT2D eigenvalue weighted by Crippen LogP contribution is -2.42. The van der Waals surface area contributed by atoms with Gasteiger partial charge in [-0.15, -0.1) is 35.9 Å². The molecule has 2 N–H and O–H groups in total. The molecule has 6 heteroatoms. The maximum atomic E-state index is 12.6. The number of amides is 1. The summed E-state index contributed by atoms with van der Waals surface area (Å²) < 4.78 is 0.547. The lowest BCUT2D eigenvalue weighted by atomic mass is 9.90. The van der Waals surface area contributed by atoms with Crippen LogP contribution in [0.15, 0.2) is 24.3 Å². The smallest absolute Gasteiger partial charge is 0.253 e. The largest absolute Gasteiger partial charge is 0.339 e. The van der Waals surface area contributed by atoms with E-state index in [4.69, 9.17) is 5.73 Å². The third-order valence-electron chi connectivity index (χ3n) is 4.62. The quantitative estimate of drug-likeness (QED) is 0.876. The molecule has 3 rings (SSSR count). The van der Waals surface area contributed by atoms with E-state index in [0.29, 0.717) is 10.5 Å². The number of nitrogens with zero attached hydrogens (tertiary/aromatic N) is 1. The molecular formula is C17H25ClN2OS2. The van der Waals surface area contributed by atoms with Crippen molar-refractivity contribution in [3.63, 3.8) is 0 Å². The van der Waals surface area contributed by atoms with E-state index in [0.717, 1.165) is 31.5 Å². The van der Waals surface area contributed by atoms with E-state index in [2.05, 4.69) is 19.1 Å². The normalized spacial score (nSPS) is 21.0. The number of rotatable bonds is 3. The van der Waals surface area contributed by atoms with Crippen LogP contribution >= 0.6 is 35.9 Å². The summed E-state index contributed by atoms with van der Waals surface area (Å²) in [7, 11) is 0. The number of carbonyl (C=O) groups excluding carboxylic acids is 1. The molecule has 2 aliphatic heterocycles. The molecule has 0 spiro atoms. The zero-order valence-corrected chi connectivity index (χ0v) is 15.9. The minimum absolute atomic E-state index is 0. The number of halogens is 1. The van der Waals surface area contributed by atoms with Crippen LogP contribution in [0.5, 0.6) is 0 Å². The van der Waals surface area contributed by atoms with Gasteiger partial charge >= 0.3 is 0 Å². The monoisotopic (exact) mass is 372 g/mol. The Morgan fingerprint density at radius 2 is 1.74 bits per heavy atom. The molecular weight excluding hydrogens is 348 g/mol. The Morgan fingerprint density at radius 3 is 2.26 bits per heavy atom. The Morgan fingerprint density at radius 1 is 1.17 bits per heavy atom. The number of nitrogens with two attached hydrogens (primary N) is 1. The molecule has 0 bridgehead atoms. The molecule has 0 saturated carbocycles. The summed E-state index contributed by atoms with van der Waals surface area (Å²) >= 11 is 3.99. The summed E-state index contributed by atoms with van der Waals surface area (Å²) in [5.41, 5.74) is 8.12. The highest BCUT2D eigenvalue weighted by atomic mass is 35.5. The predicted octanol–water partition coefficient (Wildman–Crippen LogP) is 3.79. The molecule has 1 aromatic rings. The van der Waals surface area contributed by atoms with E-state index in [9.17, 15) is 4.79 Å². The summed E-state index contributed by atoms with van der Waals surface area (Å²) in [6.07, 6.45) is 2.05. The first-order chi connectivity index (χ1) is 10.6. The van der Waals surface area contributed by atoms with Gasteiger partial charge in [0.05, 0.1) is 4.58 Å². The fourth-order valence-electron chi connectivity index (χ4n) is 3.14. The van der Waals surface area contributed by atoms with Crippen molar-refractivity contribution in [1.82, 2.24) is 4.90 Å². The Hall–Kier alpha value is -0.360. The number of thioether (sulfide) groups is 2. The van der Waals surface area contributed by atoms with Gasteiger partial charge in [-0.25, -0.2) is 0 Å². The van der Waals surface area contributed by atoms with Crippen molar-refractivity contribution in [3.8, 4) is 0 Å². The summed E-state index contributed by atoms with van der Waals surface area (Å²) in [5.74, 6) is 3.18. The standard InChI is InChI=1S/C17H24N2OS2.ClH/c1-12(18)13-6-8-19(9-7-13)16(20)14-2-4-15(5-3-14)17-21-10-11-22-17;/h2-5,12-13,17H,6-11,18H2,1H3;1H. The van der Waals surface area contributed by atoms with Crippen molar-refractivity contribution in [2.24, 2.45) is 11.7 Å². The van der Waals surface area contributed by atoms with E-state index in [-0.39, 0.29) is 24.4 Å². The van der Waals surface area contributed by atoms with Gasteiger partial charge in [-0.05, 0) is 43.4 Å². The molecule has 23 heavy (non-hydrogen) atoms.